The molecule has 0 aliphatic heterocycles. The van der Waals surface area contributed by atoms with E-state index in [1.165, 1.54) is 23.5 Å². The van der Waals surface area contributed by atoms with Crippen LogP contribution < -0.4 is 0 Å². The molecule has 1 heterocycles. The van der Waals surface area contributed by atoms with E-state index in [-0.39, 0.29) is 15.8 Å². The first-order chi connectivity index (χ1) is 11.4. The Morgan fingerprint density at radius 2 is 0.962 bits per heavy atom. The van der Waals surface area contributed by atoms with Crippen LogP contribution in [0.5, 0.6) is 0 Å². The van der Waals surface area contributed by atoms with E-state index in [9.17, 15) is 0 Å². The fourth-order valence-electron chi connectivity index (χ4n) is 4.05. The number of aromatic nitrogens is 1. The third-order valence-electron chi connectivity index (χ3n) is 4.90. The predicted molar refractivity (Wildman–Crippen MR) is 124 cm³/mol. The number of hydrogen-bond donors (Lipinski definition) is 0. The monoisotopic (exact) mass is 395 g/mol. The maximum Gasteiger partial charge on any atom is 0.0306 e. The predicted octanol–water partition coefficient (Wildman–Crippen LogP) is 8.24. The molecule has 1 nitrogen and oxygen atoms in total. The van der Waals surface area contributed by atoms with E-state index in [1.54, 1.807) is 0 Å². The standard InChI is InChI=1S/C23H43NP2/c1-20(2,3)25(21(4,5)6)16-18-13-14-24-15-19(18)17-26(22(7,8)9)23(10,11)12/h13-15H,16-17H2,1-12H3. The van der Waals surface area contributed by atoms with Crippen LogP contribution in [0.1, 0.15) is 94.2 Å². The van der Waals surface area contributed by atoms with Crippen LogP contribution in [0.3, 0.4) is 0 Å². The largest absolute Gasteiger partial charge is 0.264 e. The van der Waals surface area contributed by atoms with Crippen molar-refractivity contribution in [2.45, 2.75) is 116 Å². The molecule has 3 heteroatoms. The van der Waals surface area contributed by atoms with E-state index in [0.29, 0.717) is 20.6 Å². The lowest BCUT2D eigenvalue weighted by Gasteiger charge is -2.43. The highest BCUT2D eigenvalue weighted by atomic mass is 31.1. The zero-order valence-electron chi connectivity index (χ0n) is 19.5. The van der Waals surface area contributed by atoms with Gasteiger partial charge in [0.1, 0.15) is 0 Å². The van der Waals surface area contributed by atoms with E-state index < -0.39 is 0 Å². The summed E-state index contributed by atoms with van der Waals surface area (Å²) in [5.41, 5.74) is 3.03. The number of rotatable bonds is 4. The minimum Gasteiger partial charge on any atom is -0.264 e. The van der Waals surface area contributed by atoms with Crippen molar-refractivity contribution in [3.05, 3.63) is 29.6 Å². The molecule has 0 aliphatic rings. The fraction of sp³-hybridized carbons (Fsp3) is 0.783. The molecule has 0 fully saturated rings. The van der Waals surface area contributed by atoms with E-state index in [4.69, 9.17) is 0 Å². The molecule has 0 saturated heterocycles. The first-order valence-electron chi connectivity index (χ1n) is 9.91. The highest BCUT2D eigenvalue weighted by Crippen LogP contribution is 2.63. The van der Waals surface area contributed by atoms with E-state index in [2.05, 4.69) is 100 Å². The molecule has 1 aromatic rings. The Morgan fingerprint density at radius 1 is 0.615 bits per heavy atom. The van der Waals surface area contributed by atoms with Crippen LogP contribution >= 0.6 is 15.8 Å². The van der Waals surface area contributed by atoms with Gasteiger partial charge < -0.3 is 0 Å². The molecule has 0 spiro atoms. The van der Waals surface area contributed by atoms with Gasteiger partial charge in [0.15, 0.2) is 0 Å². The molecule has 0 amide bonds. The van der Waals surface area contributed by atoms with Crippen molar-refractivity contribution in [1.29, 1.82) is 0 Å². The first-order valence-corrected chi connectivity index (χ1v) is 13.0. The Morgan fingerprint density at radius 3 is 1.31 bits per heavy atom. The van der Waals surface area contributed by atoms with Crippen molar-refractivity contribution in [3.63, 3.8) is 0 Å². The summed E-state index contributed by atoms with van der Waals surface area (Å²) in [6, 6.07) is 2.29. The van der Waals surface area contributed by atoms with Gasteiger partial charge >= 0.3 is 0 Å². The summed E-state index contributed by atoms with van der Waals surface area (Å²) in [7, 11) is -0.286. The van der Waals surface area contributed by atoms with Crippen molar-refractivity contribution in [2.24, 2.45) is 0 Å². The Kier molecular flexibility index (Phi) is 7.56. The van der Waals surface area contributed by atoms with Crippen LogP contribution in [-0.2, 0) is 12.3 Å². The normalized spacial score (nSPS) is 14.4. The molecule has 0 atom stereocenters. The molecule has 0 N–H and O–H groups in total. The molecule has 0 aliphatic carbocycles. The van der Waals surface area contributed by atoms with Gasteiger partial charge in [-0.3, -0.25) is 4.98 Å². The highest BCUT2D eigenvalue weighted by molar-refractivity contribution is 7.60. The van der Waals surface area contributed by atoms with Gasteiger partial charge in [0.2, 0.25) is 0 Å². The van der Waals surface area contributed by atoms with Gasteiger partial charge in [-0.2, -0.15) is 0 Å². The summed E-state index contributed by atoms with van der Waals surface area (Å²) in [5.74, 6) is 0. The average Bonchev–Trinajstić information content (AvgIpc) is 2.38. The fourth-order valence-corrected chi connectivity index (χ4v) is 11.3. The molecule has 150 valence electrons. The Hall–Kier alpha value is 0.01000. The van der Waals surface area contributed by atoms with Crippen molar-refractivity contribution < 1.29 is 0 Å². The summed E-state index contributed by atoms with van der Waals surface area (Å²) < 4.78 is 0. The third-order valence-corrected chi connectivity index (χ3v) is 12.7. The van der Waals surface area contributed by atoms with E-state index in [0.717, 1.165) is 0 Å². The molecular formula is C23H43NP2. The van der Waals surface area contributed by atoms with Crippen molar-refractivity contribution in [1.82, 2.24) is 4.98 Å². The average molecular weight is 396 g/mol. The molecule has 0 unspecified atom stereocenters. The second-order valence-electron chi connectivity index (χ2n) is 11.5. The van der Waals surface area contributed by atoms with Crippen molar-refractivity contribution in [2.75, 3.05) is 0 Å². The Balaban J connectivity index is 3.26. The second-order valence-corrected chi connectivity index (χ2v) is 19.2. The lowest BCUT2D eigenvalue weighted by Crippen LogP contribution is -2.27. The topological polar surface area (TPSA) is 12.9 Å². The Bertz CT molecular complexity index is 499. The van der Waals surface area contributed by atoms with Crippen LogP contribution in [-0.4, -0.2) is 25.6 Å². The van der Waals surface area contributed by atoms with Crippen LogP contribution in [0.25, 0.3) is 0 Å². The molecule has 0 saturated carbocycles. The zero-order chi connectivity index (χ0) is 20.6. The smallest absolute Gasteiger partial charge is 0.0306 e. The maximum absolute atomic E-state index is 4.51. The van der Waals surface area contributed by atoms with Crippen LogP contribution in [0.2, 0.25) is 0 Å². The summed E-state index contributed by atoms with van der Waals surface area (Å²) in [6.45, 7) is 29.0. The minimum absolute atomic E-state index is 0.137. The van der Waals surface area contributed by atoms with Crippen molar-refractivity contribution in [3.8, 4) is 0 Å². The van der Waals surface area contributed by atoms with Crippen LogP contribution in [0.4, 0.5) is 0 Å². The SMILES string of the molecule is CC(C)(C)P(Cc1ccncc1CP(C(C)(C)C)C(C)(C)C)C(C)(C)C. The number of hydrogen-bond acceptors (Lipinski definition) is 1. The molecule has 1 aromatic heterocycles. The highest BCUT2D eigenvalue weighted by Gasteiger charge is 2.37. The van der Waals surface area contributed by atoms with Gasteiger partial charge in [-0.25, -0.2) is 0 Å². The third kappa shape index (κ3) is 6.87. The molecule has 0 bridgehead atoms. The van der Waals surface area contributed by atoms with Gasteiger partial charge in [0, 0.05) is 12.4 Å². The van der Waals surface area contributed by atoms with Gasteiger partial charge in [0.25, 0.3) is 0 Å². The summed E-state index contributed by atoms with van der Waals surface area (Å²) in [5, 5.41) is 1.40. The maximum atomic E-state index is 4.51. The number of pyridine rings is 1. The van der Waals surface area contributed by atoms with Crippen LogP contribution in [0, 0.1) is 0 Å². The molecule has 0 radical (unpaired) electrons. The first kappa shape index (κ1) is 24.0. The summed E-state index contributed by atoms with van der Waals surface area (Å²) in [6.07, 6.45) is 6.54. The molecule has 1 rings (SSSR count). The van der Waals surface area contributed by atoms with Gasteiger partial charge in [-0.1, -0.05) is 98.9 Å². The van der Waals surface area contributed by atoms with E-state index in [1.807, 2.05) is 6.20 Å². The summed E-state index contributed by atoms with van der Waals surface area (Å²) in [4.78, 5) is 4.51. The minimum atomic E-state index is -0.149. The lowest BCUT2D eigenvalue weighted by atomic mass is 10.2. The quantitative estimate of drug-likeness (QED) is 0.468. The molecular weight excluding hydrogens is 352 g/mol. The van der Waals surface area contributed by atoms with Gasteiger partial charge in [-0.05, 0) is 50.1 Å². The number of nitrogens with zero attached hydrogens (tertiary/aromatic N) is 1. The molecule has 26 heavy (non-hydrogen) atoms. The van der Waals surface area contributed by atoms with E-state index >= 15 is 0 Å². The van der Waals surface area contributed by atoms with Gasteiger partial charge in [0.05, 0.1) is 0 Å². The lowest BCUT2D eigenvalue weighted by molar-refractivity contribution is 0.699. The Labute approximate surface area is 166 Å². The summed E-state index contributed by atoms with van der Waals surface area (Å²) >= 11 is 0. The van der Waals surface area contributed by atoms with Crippen LogP contribution in [0.15, 0.2) is 18.5 Å². The molecule has 0 aromatic carbocycles. The second kappa shape index (κ2) is 8.17. The van der Waals surface area contributed by atoms with Crippen molar-refractivity contribution >= 4 is 15.8 Å². The zero-order valence-corrected chi connectivity index (χ0v) is 21.3. The van der Waals surface area contributed by atoms with Gasteiger partial charge in [-0.15, -0.1) is 0 Å².